The minimum atomic E-state index is 0.737. The van der Waals surface area contributed by atoms with Gasteiger partial charge in [-0.15, -0.1) is 17.4 Å². The number of nitrogens with one attached hydrogen (secondary N) is 1. The van der Waals surface area contributed by atoms with Gasteiger partial charge < -0.3 is 0 Å². The van der Waals surface area contributed by atoms with Crippen LogP contribution >= 0.6 is 0 Å². The number of fused-ring (bicyclic) bond motifs is 1. The molecule has 1 N–H and O–H groups in total. The monoisotopic (exact) mass is 397 g/mol. The van der Waals surface area contributed by atoms with Crippen LogP contribution in [0, 0.1) is 18.3 Å². The molecule has 1 aliphatic carbocycles. The van der Waals surface area contributed by atoms with E-state index in [1.165, 1.54) is 37.7 Å². The first-order chi connectivity index (χ1) is 14.8. The normalized spacial score (nSPS) is 14.1. The maximum atomic E-state index is 5.11. The summed E-state index contributed by atoms with van der Waals surface area (Å²) in [6.07, 6.45) is 17.6. The number of aromatic amines is 1. The molecular formula is C25H27N5. The number of benzene rings is 2. The van der Waals surface area contributed by atoms with Crippen LogP contribution in [-0.4, -0.2) is 25.2 Å². The predicted octanol–water partition coefficient (Wildman–Crippen LogP) is 5.13. The minimum Gasteiger partial charge on any atom is -0.278 e. The van der Waals surface area contributed by atoms with Gasteiger partial charge in [0.25, 0.3) is 0 Å². The molecule has 0 bridgehead atoms. The number of terminal acetylenes is 1. The van der Waals surface area contributed by atoms with Crippen molar-refractivity contribution >= 4 is 10.9 Å². The van der Waals surface area contributed by atoms with Gasteiger partial charge in [-0.05, 0) is 36.1 Å². The largest absolute Gasteiger partial charge is 0.278 e. The molecule has 152 valence electrons. The SMILES string of the molecule is C#CCc1ccccc1.c1cc2[nH]ncc2cc1-n1cc(CC2CCCCC2)nn1. The maximum Gasteiger partial charge on any atom is 0.0834 e. The summed E-state index contributed by atoms with van der Waals surface area (Å²) in [5.74, 6) is 3.38. The fourth-order valence-corrected chi connectivity index (χ4v) is 3.99. The zero-order valence-electron chi connectivity index (χ0n) is 17.2. The molecule has 4 aromatic rings. The van der Waals surface area contributed by atoms with Gasteiger partial charge in [-0.25, -0.2) is 4.68 Å². The summed E-state index contributed by atoms with van der Waals surface area (Å²) in [6.45, 7) is 0. The summed E-state index contributed by atoms with van der Waals surface area (Å²) in [7, 11) is 0. The highest BCUT2D eigenvalue weighted by atomic mass is 15.4. The summed E-state index contributed by atoms with van der Waals surface area (Å²) < 4.78 is 1.87. The average molecular weight is 398 g/mol. The molecule has 30 heavy (non-hydrogen) atoms. The van der Waals surface area contributed by atoms with E-state index in [0.29, 0.717) is 0 Å². The predicted molar refractivity (Wildman–Crippen MR) is 120 cm³/mol. The minimum absolute atomic E-state index is 0.737. The molecule has 5 nitrogen and oxygen atoms in total. The fraction of sp³-hybridized carbons (Fsp3) is 0.320. The number of H-pyrrole nitrogens is 1. The van der Waals surface area contributed by atoms with Gasteiger partial charge in [0.05, 0.1) is 29.3 Å². The third-order valence-corrected chi connectivity index (χ3v) is 5.60. The van der Waals surface area contributed by atoms with Gasteiger partial charge in [0, 0.05) is 11.8 Å². The lowest BCUT2D eigenvalue weighted by Crippen LogP contribution is -2.09. The zero-order chi connectivity index (χ0) is 20.6. The molecule has 1 saturated carbocycles. The molecule has 2 aromatic heterocycles. The van der Waals surface area contributed by atoms with E-state index in [-0.39, 0.29) is 0 Å². The zero-order valence-corrected chi connectivity index (χ0v) is 17.2. The Kier molecular flexibility index (Phi) is 6.56. The fourth-order valence-electron chi connectivity index (χ4n) is 3.99. The topological polar surface area (TPSA) is 59.4 Å². The molecule has 0 amide bonds. The van der Waals surface area contributed by atoms with E-state index in [0.717, 1.165) is 41.0 Å². The van der Waals surface area contributed by atoms with Crippen molar-refractivity contribution in [3.05, 3.63) is 72.2 Å². The van der Waals surface area contributed by atoms with Gasteiger partial charge in [0.15, 0.2) is 0 Å². The second kappa shape index (κ2) is 9.89. The standard InChI is InChI=1S/C16H19N5.C9H8/c1-2-4-12(5-3-1)8-14-11-21(20-18-14)15-6-7-16-13(9-15)10-17-19-16;1-2-6-9-7-4-3-5-8-9/h6-7,9-12H,1-5,8H2,(H,17,19);1,3-5,7-8H,6H2. The van der Waals surface area contributed by atoms with Crippen LogP contribution < -0.4 is 0 Å². The smallest absolute Gasteiger partial charge is 0.0834 e. The van der Waals surface area contributed by atoms with E-state index in [2.05, 4.69) is 38.7 Å². The Hall–Kier alpha value is -3.39. The van der Waals surface area contributed by atoms with E-state index in [9.17, 15) is 0 Å². The van der Waals surface area contributed by atoms with Crippen molar-refractivity contribution in [2.45, 2.75) is 44.9 Å². The van der Waals surface area contributed by atoms with E-state index >= 15 is 0 Å². The Morgan fingerprint density at radius 3 is 2.70 bits per heavy atom. The van der Waals surface area contributed by atoms with Crippen molar-refractivity contribution in [3.63, 3.8) is 0 Å². The van der Waals surface area contributed by atoms with Crippen LogP contribution in [-0.2, 0) is 12.8 Å². The highest BCUT2D eigenvalue weighted by Gasteiger charge is 2.15. The second-order valence-electron chi connectivity index (χ2n) is 7.87. The maximum absolute atomic E-state index is 5.11. The van der Waals surface area contributed by atoms with E-state index < -0.39 is 0 Å². The van der Waals surface area contributed by atoms with Crippen molar-refractivity contribution in [2.75, 3.05) is 0 Å². The van der Waals surface area contributed by atoms with Crippen LogP contribution in [0.15, 0.2) is 60.9 Å². The molecule has 1 aliphatic rings. The van der Waals surface area contributed by atoms with Crippen molar-refractivity contribution in [3.8, 4) is 18.0 Å². The summed E-state index contributed by atoms with van der Waals surface area (Å²) in [4.78, 5) is 0. The lowest BCUT2D eigenvalue weighted by molar-refractivity contribution is 0.354. The lowest BCUT2D eigenvalue weighted by Gasteiger charge is -2.19. The Labute approximate surface area is 177 Å². The number of nitrogens with zero attached hydrogens (tertiary/aromatic N) is 4. The van der Waals surface area contributed by atoms with Crippen LogP contribution in [0.4, 0.5) is 0 Å². The van der Waals surface area contributed by atoms with Crippen molar-refractivity contribution in [2.24, 2.45) is 5.92 Å². The third kappa shape index (κ3) is 5.15. The molecule has 5 rings (SSSR count). The number of hydrogen-bond acceptors (Lipinski definition) is 3. The van der Waals surface area contributed by atoms with Crippen LogP contribution in [0.2, 0.25) is 0 Å². The Bertz CT molecular complexity index is 1100. The first-order valence-corrected chi connectivity index (χ1v) is 10.6. The molecule has 5 heteroatoms. The Balaban J connectivity index is 0.000000204. The number of aromatic nitrogens is 5. The first kappa shape index (κ1) is 19.9. The molecule has 2 aromatic carbocycles. The lowest BCUT2D eigenvalue weighted by atomic mass is 9.86. The van der Waals surface area contributed by atoms with E-state index in [1.807, 2.05) is 53.3 Å². The van der Waals surface area contributed by atoms with E-state index in [4.69, 9.17) is 6.42 Å². The number of hydrogen-bond donors (Lipinski definition) is 1. The molecule has 0 spiro atoms. The molecule has 2 heterocycles. The van der Waals surface area contributed by atoms with Crippen LogP contribution in [0.5, 0.6) is 0 Å². The molecule has 0 aliphatic heterocycles. The van der Waals surface area contributed by atoms with Gasteiger partial charge in [-0.1, -0.05) is 67.6 Å². The van der Waals surface area contributed by atoms with E-state index in [1.54, 1.807) is 0 Å². The van der Waals surface area contributed by atoms with Gasteiger partial charge >= 0.3 is 0 Å². The summed E-state index contributed by atoms with van der Waals surface area (Å²) in [5, 5.41) is 16.7. The van der Waals surface area contributed by atoms with Crippen molar-refractivity contribution < 1.29 is 0 Å². The van der Waals surface area contributed by atoms with Crippen LogP contribution in [0.25, 0.3) is 16.6 Å². The average Bonchev–Trinajstić information content (AvgIpc) is 3.45. The first-order valence-electron chi connectivity index (χ1n) is 10.6. The van der Waals surface area contributed by atoms with Gasteiger partial charge in [0.2, 0.25) is 0 Å². The summed E-state index contributed by atoms with van der Waals surface area (Å²) >= 11 is 0. The molecule has 1 fully saturated rings. The van der Waals surface area contributed by atoms with Crippen molar-refractivity contribution in [1.29, 1.82) is 0 Å². The van der Waals surface area contributed by atoms with Crippen molar-refractivity contribution in [1.82, 2.24) is 25.2 Å². The quantitative estimate of drug-likeness (QED) is 0.486. The van der Waals surface area contributed by atoms with Crippen LogP contribution in [0.3, 0.4) is 0 Å². The third-order valence-electron chi connectivity index (χ3n) is 5.60. The molecule has 0 atom stereocenters. The van der Waals surface area contributed by atoms with Crippen LogP contribution in [0.1, 0.15) is 43.4 Å². The molecule has 0 radical (unpaired) electrons. The van der Waals surface area contributed by atoms with Gasteiger partial charge in [-0.2, -0.15) is 5.10 Å². The molecule has 0 saturated heterocycles. The summed E-state index contributed by atoms with van der Waals surface area (Å²) in [5.41, 5.74) is 4.39. The molecular weight excluding hydrogens is 370 g/mol. The highest BCUT2D eigenvalue weighted by molar-refractivity contribution is 5.80. The number of rotatable bonds is 4. The van der Waals surface area contributed by atoms with Gasteiger partial charge in [-0.3, -0.25) is 5.10 Å². The second-order valence-corrected chi connectivity index (χ2v) is 7.87. The summed E-state index contributed by atoms with van der Waals surface area (Å²) in [6, 6.07) is 16.2. The Morgan fingerprint density at radius 2 is 1.90 bits per heavy atom. The van der Waals surface area contributed by atoms with Gasteiger partial charge in [0.1, 0.15) is 0 Å². The highest BCUT2D eigenvalue weighted by Crippen LogP contribution is 2.26. The Morgan fingerprint density at radius 1 is 1.07 bits per heavy atom. The molecule has 0 unspecified atom stereocenters.